The molecule has 1 aliphatic heterocycles. The van der Waals surface area contributed by atoms with Gasteiger partial charge < -0.3 is 0 Å². The molecule has 0 saturated carbocycles. The van der Waals surface area contributed by atoms with Crippen LogP contribution in [0.5, 0.6) is 0 Å². The zero-order valence-electron chi connectivity index (χ0n) is 11.5. The standard InChI is InChI=1S/C14H21NO2S/c1-14(2,3)13-7-5-6-11-10-15(18(4,16)17)9-8-12(11)13/h5-7H,8-10H2,1-4H3. The predicted molar refractivity (Wildman–Crippen MR) is 74.1 cm³/mol. The monoisotopic (exact) mass is 267 g/mol. The molecule has 18 heavy (non-hydrogen) atoms. The number of benzene rings is 1. The smallest absolute Gasteiger partial charge is 0.211 e. The van der Waals surface area contributed by atoms with E-state index in [1.165, 1.54) is 17.4 Å². The van der Waals surface area contributed by atoms with Crippen LogP contribution < -0.4 is 0 Å². The molecule has 0 fully saturated rings. The van der Waals surface area contributed by atoms with Gasteiger partial charge in [-0.15, -0.1) is 0 Å². The summed E-state index contributed by atoms with van der Waals surface area (Å²) in [4.78, 5) is 0. The lowest BCUT2D eigenvalue weighted by molar-refractivity contribution is 0.391. The summed E-state index contributed by atoms with van der Waals surface area (Å²) >= 11 is 0. The molecule has 1 aliphatic rings. The molecular formula is C14H21NO2S. The Morgan fingerprint density at radius 3 is 2.44 bits per heavy atom. The van der Waals surface area contributed by atoms with Crippen LogP contribution in [-0.4, -0.2) is 25.5 Å². The zero-order chi connectivity index (χ0) is 13.6. The van der Waals surface area contributed by atoms with Gasteiger partial charge in [0.15, 0.2) is 0 Å². The molecule has 0 bridgehead atoms. The van der Waals surface area contributed by atoms with Crippen LogP contribution in [0, 0.1) is 0 Å². The summed E-state index contributed by atoms with van der Waals surface area (Å²) in [6.45, 7) is 7.71. The van der Waals surface area contributed by atoms with Gasteiger partial charge in [0, 0.05) is 13.1 Å². The maximum absolute atomic E-state index is 11.6. The quantitative estimate of drug-likeness (QED) is 0.783. The van der Waals surface area contributed by atoms with E-state index in [2.05, 4.69) is 26.8 Å². The highest BCUT2D eigenvalue weighted by Crippen LogP contribution is 2.31. The second-order valence-corrected chi connectivity index (χ2v) is 8.02. The molecule has 0 unspecified atom stereocenters. The van der Waals surface area contributed by atoms with Crippen molar-refractivity contribution in [3.05, 3.63) is 34.9 Å². The lowest BCUT2D eigenvalue weighted by Gasteiger charge is -2.31. The molecule has 1 aromatic rings. The van der Waals surface area contributed by atoms with Crippen molar-refractivity contribution in [2.45, 2.75) is 39.2 Å². The van der Waals surface area contributed by atoms with Gasteiger partial charge in [-0.2, -0.15) is 4.31 Å². The molecule has 0 amide bonds. The topological polar surface area (TPSA) is 37.4 Å². The maximum atomic E-state index is 11.6. The Balaban J connectivity index is 2.42. The first-order chi connectivity index (χ1) is 8.19. The van der Waals surface area contributed by atoms with Gasteiger partial charge in [0.25, 0.3) is 0 Å². The third-order valence-corrected chi connectivity index (χ3v) is 4.76. The fourth-order valence-corrected chi connectivity index (χ4v) is 3.37. The summed E-state index contributed by atoms with van der Waals surface area (Å²) in [5.74, 6) is 0. The molecule has 3 nitrogen and oxygen atoms in total. The normalized spacial score (nSPS) is 17.6. The van der Waals surface area contributed by atoms with Gasteiger partial charge in [-0.3, -0.25) is 0 Å². The van der Waals surface area contributed by atoms with E-state index in [0.29, 0.717) is 13.1 Å². The Labute approximate surface area is 110 Å². The van der Waals surface area contributed by atoms with Gasteiger partial charge in [0.05, 0.1) is 6.26 Å². The Kier molecular flexibility index (Phi) is 3.28. The molecule has 0 saturated heterocycles. The third kappa shape index (κ3) is 2.59. The maximum Gasteiger partial charge on any atom is 0.211 e. The molecule has 2 rings (SSSR count). The van der Waals surface area contributed by atoms with Gasteiger partial charge >= 0.3 is 0 Å². The minimum atomic E-state index is -3.08. The summed E-state index contributed by atoms with van der Waals surface area (Å²) in [7, 11) is -3.08. The average Bonchev–Trinajstić information content (AvgIpc) is 2.25. The highest BCUT2D eigenvalue weighted by Gasteiger charge is 2.27. The van der Waals surface area contributed by atoms with Crippen molar-refractivity contribution in [1.82, 2.24) is 4.31 Å². The van der Waals surface area contributed by atoms with Crippen molar-refractivity contribution >= 4 is 10.0 Å². The van der Waals surface area contributed by atoms with Crippen LogP contribution in [0.2, 0.25) is 0 Å². The fourth-order valence-electron chi connectivity index (χ4n) is 2.57. The zero-order valence-corrected chi connectivity index (χ0v) is 12.3. The van der Waals surface area contributed by atoms with E-state index in [0.717, 1.165) is 12.0 Å². The molecule has 0 atom stereocenters. The Bertz CT molecular complexity index is 556. The number of hydrogen-bond acceptors (Lipinski definition) is 2. The summed E-state index contributed by atoms with van der Waals surface area (Å²) in [5.41, 5.74) is 3.94. The summed E-state index contributed by atoms with van der Waals surface area (Å²) in [6, 6.07) is 6.24. The summed E-state index contributed by atoms with van der Waals surface area (Å²) in [6.07, 6.45) is 2.10. The molecule has 0 aromatic heterocycles. The van der Waals surface area contributed by atoms with Crippen LogP contribution in [0.1, 0.15) is 37.5 Å². The summed E-state index contributed by atoms with van der Waals surface area (Å²) in [5, 5.41) is 0. The third-order valence-electron chi connectivity index (χ3n) is 3.51. The minimum Gasteiger partial charge on any atom is -0.212 e. The van der Waals surface area contributed by atoms with Crippen molar-refractivity contribution in [3.63, 3.8) is 0 Å². The van der Waals surface area contributed by atoms with Crippen molar-refractivity contribution in [2.75, 3.05) is 12.8 Å². The Morgan fingerprint density at radius 2 is 1.89 bits per heavy atom. The van der Waals surface area contributed by atoms with E-state index in [-0.39, 0.29) is 5.41 Å². The van der Waals surface area contributed by atoms with Gasteiger partial charge in [-0.25, -0.2) is 8.42 Å². The Hall–Kier alpha value is -0.870. The van der Waals surface area contributed by atoms with Crippen LogP contribution >= 0.6 is 0 Å². The van der Waals surface area contributed by atoms with E-state index in [1.54, 1.807) is 4.31 Å². The van der Waals surface area contributed by atoms with Crippen LogP contribution in [-0.2, 0) is 28.4 Å². The number of sulfonamides is 1. The van der Waals surface area contributed by atoms with Crippen molar-refractivity contribution < 1.29 is 8.42 Å². The molecule has 0 spiro atoms. The number of fused-ring (bicyclic) bond motifs is 1. The molecule has 0 radical (unpaired) electrons. The van der Waals surface area contributed by atoms with Gasteiger partial charge in [0.2, 0.25) is 10.0 Å². The lowest BCUT2D eigenvalue weighted by atomic mass is 9.80. The van der Waals surface area contributed by atoms with Crippen molar-refractivity contribution in [3.8, 4) is 0 Å². The van der Waals surface area contributed by atoms with E-state index in [9.17, 15) is 8.42 Å². The van der Waals surface area contributed by atoms with Crippen LogP contribution in [0.15, 0.2) is 18.2 Å². The first kappa shape index (κ1) is 13.6. The van der Waals surface area contributed by atoms with Crippen LogP contribution in [0.4, 0.5) is 0 Å². The lowest BCUT2D eigenvalue weighted by Crippen LogP contribution is -2.36. The van der Waals surface area contributed by atoms with Gasteiger partial charge in [-0.1, -0.05) is 39.0 Å². The fraction of sp³-hybridized carbons (Fsp3) is 0.571. The SMILES string of the molecule is CC(C)(C)c1cccc2c1CCN(S(C)(=O)=O)C2. The number of hydrogen-bond donors (Lipinski definition) is 0. The van der Waals surface area contributed by atoms with Gasteiger partial charge in [0.1, 0.15) is 0 Å². The Morgan fingerprint density at radius 1 is 1.22 bits per heavy atom. The second-order valence-electron chi connectivity index (χ2n) is 6.04. The average molecular weight is 267 g/mol. The molecule has 100 valence electrons. The molecular weight excluding hydrogens is 246 g/mol. The highest BCUT2D eigenvalue weighted by atomic mass is 32.2. The first-order valence-corrected chi connectivity index (χ1v) is 8.11. The molecule has 1 heterocycles. The molecule has 4 heteroatoms. The van der Waals surface area contributed by atoms with E-state index < -0.39 is 10.0 Å². The predicted octanol–water partition coefficient (Wildman–Crippen LogP) is 2.30. The first-order valence-electron chi connectivity index (χ1n) is 6.26. The summed E-state index contributed by atoms with van der Waals surface area (Å²) < 4.78 is 24.8. The van der Waals surface area contributed by atoms with E-state index >= 15 is 0 Å². The largest absolute Gasteiger partial charge is 0.212 e. The van der Waals surface area contributed by atoms with Gasteiger partial charge in [-0.05, 0) is 28.5 Å². The minimum absolute atomic E-state index is 0.110. The number of rotatable bonds is 1. The van der Waals surface area contributed by atoms with Crippen LogP contribution in [0.3, 0.4) is 0 Å². The molecule has 1 aromatic carbocycles. The molecule has 0 aliphatic carbocycles. The van der Waals surface area contributed by atoms with E-state index in [4.69, 9.17) is 0 Å². The molecule has 0 N–H and O–H groups in total. The van der Waals surface area contributed by atoms with Crippen molar-refractivity contribution in [1.29, 1.82) is 0 Å². The van der Waals surface area contributed by atoms with Crippen LogP contribution in [0.25, 0.3) is 0 Å². The highest BCUT2D eigenvalue weighted by molar-refractivity contribution is 7.88. The number of nitrogens with zero attached hydrogens (tertiary/aromatic N) is 1. The van der Waals surface area contributed by atoms with Crippen molar-refractivity contribution in [2.24, 2.45) is 0 Å². The second kappa shape index (κ2) is 4.35. The van der Waals surface area contributed by atoms with E-state index in [1.807, 2.05) is 12.1 Å².